The summed E-state index contributed by atoms with van der Waals surface area (Å²) in [6.45, 7) is 4.53. The Bertz CT molecular complexity index is 810. The van der Waals surface area contributed by atoms with Gasteiger partial charge >= 0.3 is 6.03 Å². The average Bonchev–Trinajstić information content (AvgIpc) is 2.84. The van der Waals surface area contributed by atoms with Gasteiger partial charge in [-0.3, -0.25) is 14.6 Å². The first-order valence-electron chi connectivity index (χ1n) is 8.53. The van der Waals surface area contributed by atoms with Crippen LogP contribution in [0.2, 0.25) is 5.02 Å². The summed E-state index contributed by atoms with van der Waals surface area (Å²) in [5.41, 5.74) is 2.70. The SMILES string of the molecule is CCOC1C(=O)N(Cc2cc(C)ccc2Cl)C(=O)N1Cc1ccccc1. The van der Waals surface area contributed by atoms with E-state index in [0.29, 0.717) is 18.2 Å². The largest absolute Gasteiger partial charge is 0.350 e. The molecule has 6 heteroatoms. The maximum atomic E-state index is 12.9. The van der Waals surface area contributed by atoms with E-state index < -0.39 is 6.23 Å². The van der Waals surface area contributed by atoms with Gasteiger partial charge in [0.2, 0.25) is 6.23 Å². The van der Waals surface area contributed by atoms with Crippen molar-refractivity contribution < 1.29 is 14.3 Å². The van der Waals surface area contributed by atoms with Gasteiger partial charge in [-0.1, -0.05) is 59.6 Å². The van der Waals surface area contributed by atoms with Gasteiger partial charge in [-0.05, 0) is 31.0 Å². The van der Waals surface area contributed by atoms with Crippen molar-refractivity contribution in [3.8, 4) is 0 Å². The van der Waals surface area contributed by atoms with Gasteiger partial charge in [-0.15, -0.1) is 0 Å². The summed E-state index contributed by atoms with van der Waals surface area (Å²) in [5, 5.41) is 0.533. The minimum absolute atomic E-state index is 0.132. The number of halogens is 1. The zero-order valence-corrected chi connectivity index (χ0v) is 15.6. The topological polar surface area (TPSA) is 49.9 Å². The Balaban J connectivity index is 1.86. The van der Waals surface area contributed by atoms with E-state index >= 15 is 0 Å². The molecule has 3 amide bonds. The van der Waals surface area contributed by atoms with Crippen molar-refractivity contribution in [2.24, 2.45) is 0 Å². The molecule has 3 rings (SSSR count). The van der Waals surface area contributed by atoms with Crippen molar-refractivity contribution in [2.75, 3.05) is 6.61 Å². The maximum absolute atomic E-state index is 12.9. The van der Waals surface area contributed by atoms with Crippen LogP contribution in [0, 0.1) is 6.92 Å². The van der Waals surface area contributed by atoms with Crippen molar-refractivity contribution in [1.82, 2.24) is 9.80 Å². The van der Waals surface area contributed by atoms with E-state index in [0.717, 1.165) is 16.7 Å². The smallest absolute Gasteiger partial charge is 0.329 e. The molecule has 136 valence electrons. The quantitative estimate of drug-likeness (QED) is 0.721. The summed E-state index contributed by atoms with van der Waals surface area (Å²) in [7, 11) is 0. The Morgan fingerprint density at radius 2 is 1.81 bits per heavy atom. The number of aryl methyl sites for hydroxylation is 1. The lowest BCUT2D eigenvalue weighted by molar-refractivity contribution is -0.142. The van der Waals surface area contributed by atoms with Gasteiger partial charge in [0, 0.05) is 11.6 Å². The number of benzene rings is 2. The number of rotatable bonds is 6. The number of urea groups is 1. The predicted molar refractivity (Wildman–Crippen MR) is 99.5 cm³/mol. The fourth-order valence-electron chi connectivity index (χ4n) is 3.01. The highest BCUT2D eigenvalue weighted by molar-refractivity contribution is 6.31. The van der Waals surface area contributed by atoms with E-state index in [2.05, 4.69) is 0 Å². The lowest BCUT2D eigenvalue weighted by Crippen LogP contribution is -2.36. The van der Waals surface area contributed by atoms with E-state index in [-0.39, 0.29) is 18.5 Å². The van der Waals surface area contributed by atoms with Crippen LogP contribution in [0.25, 0.3) is 0 Å². The molecule has 1 heterocycles. The van der Waals surface area contributed by atoms with E-state index in [1.165, 1.54) is 9.80 Å². The predicted octanol–water partition coefficient (Wildman–Crippen LogP) is 3.98. The number of ether oxygens (including phenoxy) is 1. The van der Waals surface area contributed by atoms with Crippen LogP contribution in [0.3, 0.4) is 0 Å². The molecule has 0 bridgehead atoms. The van der Waals surface area contributed by atoms with Crippen LogP contribution in [0.5, 0.6) is 0 Å². The third-order valence-corrected chi connectivity index (χ3v) is 4.66. The summed E-state index contributed by atoms with van der Waals surface area (Å²) in [6.07, 6.45) is -0.906. The number of amides is 3. The zero-order chi connectivity index (χ0) is 18.7. The summed E-state index contributed by atoms with van der Waals surface area (Å²) < 4.78 is 5.57. The monoisotopic (exact) mass is 372 g/mol. The molecule has 0 spiro atoms. The Morgan fingerprint density at radius 1 is 1.08 bits per heavy atom. The van der Waals surface area contributed by atoms with E-state index in [1.807, 2.05) is 49.4 Å². The first kappa shape index (κ1) is 18.4. The van der Waals surface area contributed by atoms with Gasteiger partial charge in [0.1, 0.15) is 0 Å². The molecule has 0 saturated carbocycles. The summed E-state index contributed by atoms with van der Waals surface area (Å²) in [5.74, 6) is -0.356. The second kappa shape index (κ2) is 7.89. The van der Waals surface area contributed by atoms with Crippen LogP contribution >= 0.6 is 11.6 Å². The average molecular weight is 373 g/mol. The first-order valence-corrected chi connectivity index (χ1v) is 8.91. The molecule has 2 aromatic rings. The summed E-state index contributed by atoms with van der Waals surface area (Å²) in [4.78, 5) is 28.4. The Labute approximate surface area is 158 Å². The van der Waals surface area contributed by atoms with Crippen LogP contribution in [0.1, 0.15) is 23.6 Å². The maximum Gasteiger partial charge on any atom is 0.329 e. The van der Waals surface area contributed by atoms with Crippen molar-refractivity contribution in [1.29, 1.82) is 0 Å². The lowest BCUT2D eigenvalue weighted by atomic mass is 10.1. The van der Waals surface area contributed by atoms with Gasteiger partial charge < -0.3 is 4.74 Å². The van der Waals surface area contributed by atoms with E-state index in [9.17, 15) is 9.59 Å². The van der Waals surface area contributed by atoms with Gasteiger partial charge in [-0.25, -0.2) is 4.79 Å². The zero-order valence-electron chi connectivity index (χ0n) is 14.8. The lowest BCUT2D eigenvalue weighted by Gasteiger charge is -2.21. The molecule has 5 nitrogen and oxygen atoms in total. The molecule has 1 aliphatic heterocycles. The molecule has 1 fully saturated rings. The second-order valence-electron chi connectivity index (χ2n) is 6.22. The minimum atomic E-state index is -0.906. The molecule has 26 heavy (non-hydrogen) atoms. The van der Waals surface area contributed by atoms with Gasteiger partial charge in [0.15, 0.2) is 0 Å². The second-order valence-corrected chi connectivity index (χ2v) is 6.63. The highest BCUT2D eigenvalue weighted by atomic mass is 35.5. The number of carbonyl (C=O) groups excluding carboxylic acids is 2. The summed E-state index contributed by atoms with van der Waals surface area (Å²) in [6, 6.07) is 14.7. The van der Waals surface area contributed by atoms with Crippen LogP contribution in [0.4, 0.5) is 4.79 Å². The van der Waals surface area contributed by atoms with Crippen LogP contribution in [-0.4, -0.2) is 34.6 Å². The van der Waals surface area contributed by atoms with Gasteiger partial charge in [-0.2, -0.15) is 0 Å². The number of carbonyl (C=O) groups is 2. The van der Waals surface area contributed by atoms with Crippen molar-refractivity contribution in [2.45, 2.75) is 33.2 Å². The molecular formula is C20H21ClN2O3. The Morgan fingerprint density at radius 3 is 2.50 bits per heavy atom. The Hall–Kier alpha value is -2.37. The number of hydrogen-bond donors (Lipinski definition) is 0. The summed E-state index contributed by atoms with van der Waals surface area (Å²) >= 11 is 6.24. The molecule has 0 aromatic heterocycles. The highest BCUT2D eigenvalue weighted by Gasteiger charge is 2.45. The number of hydrogen-bond acceptors (Lipinski definition) is 3. The van der Waals surface area contributed by atoms with Crippen molar-refractivity contribution >= 4 is 23.5 Å². The van der Waals surface area contributed by atoms with E-state index in [1.54, 1.807) is 13.0 Å². The van der Waals surface area contributed by atoms with Gasteiger partial charge in [0.05, 0.1) is 13.1 Å². The molecule has 0 radical (unpaired) electrons. The van der Waals surface area contributed by atoms with Gasteiger partial charge in [0.25, 0.3) is 5.91 Å². The van der Waals surface area contributed by atoms with Crippen LogP contribution in [0.15, 0.2) is 48.5 Å². The molecule has 2 aromatic carbocycles. The fourth-order valence-corrected chi connectivity index (χ4v) is 3.18. The van der Waals surface area contributed by atoms with Crippen molar-refractivity contribution in [3.05, 3.63) is 70.2 Å². The highest BCUT2D eigenvalue weighted by Crippen LogP contribution is 2.26. The first-order chi connectivity index (χ1) is 12.5. The molecular weight excluding hydrogens is 352 g/mol. The van der Waals surface area contributed by atoms with Crippen LogP contribution in [-0.2, 0) is 22.6 Å². The van der Waals surface area contributed by atoms with E-state index in [4.69, 9.17) is 16.3 Å². The molecule has 1 atom stereocenters. The number of imide groups is 1. The van der Waals surface area contributed by atoms with Crippen molar-refractivity contribution in [3.63, 3.8) is 0 Å². The van der Waals surface area contributed by atoms with Crippen LogP contribution < -0.4 is 0 Å². The molecule has 1 unspecified atom stereocenters. The molecule has 1 aliphatic rings. The minimum Gasteiger partial charge on any atom is -0.350 e. The normalized spacial score (nSPS) is 17.3. The molecule has 1 saturated heterocycles. The third-order valence-electron chi connectivity index (χ3n) is 4.29. The Kier molecular flexibility index (Phi) is 5.59. The third kappa shape index (κ3) is 3.74. The standard InChI is InChI=1S/C20H21ClN2O3/c1-3-26-19-18(24)22(13-16-11-14(2)9-10-17(16)21)20(25)23(19)12-15-7-5-4-6-8-15/h4-11,19H,3,12-13H2,1-2H3. The fraction of sp³-hybridized carbons (Fsp3) is 0.300. The molecule has 0 N–H and O–H groups in total. The molecule has 0 aliphatic carbocycles. The number of nitrogens with zero attached hydrogens (tertiary/aromatic N) is 2.